The van der Waals surface area contributed by atoms with Crippen molar-refractivity contribution in [1.82, 2.24) is 9.80 Å². The first-order chi connectivity index (χ1) is 12.1. The minimum absolute atomic E-state index is 0.0157. The molecule has 1 aliphatic heterocycles. The second kappa shape index (κ2) is 10.2. The average molecular weight is 347 g/mol. The zero-order valence-electron chi connectivity index (χ0n) is 15.3. The number of hydrogen-bond acceptors (Lipinski definition) is 4. The Kier molecular flexibility index (Phi) is 7.88. The topological polar surface area (TPSA) is 61.9 Å². The Bertz CT molecular complexity index is 565. The van der Waals surface area contributed by atoms with Crippen LogP contribution in [0, 0.1) is 0 Å². The normalized spacial score (nSPS) is 14.6. The summed E-state index contributed by atoms with van der Waals surface area (Å²) in [5.41, 5.74) is 1.26. The van der Waals surface area contributed by atoms with Gasteiger partial charge >= 0.3 is 0 Å². The Balaban J connectivity index is 1.95. The van der Waals surface area contributed by atoms with Crippen LogP contribution >= 0.6 is 0 Å². The number of nitrogens with one attached hydrogen (secondary N) is 1. The van der Waals surface area contributed by atoms with Crippen LogP contribution < -0.4 is 5.32 Å². The third-order valence-corrected chi connectivity index (χ3v) is 4.14. The number of benzene rings is 1. The smallest absolute Gasteiger partial charge is 0.254 e. The highest BCUT2D eigenvalue weighted by Gasteiger charge is 2.19. The van der Waals surface area contributed by atoms with Crippen LogP contribution in [0.3, 0.4) is 0 Å². The molecule has 1 aliphatic rings. The van der Waals surface area contributed by atoms with E-state index in [1.807, 2.05) is 6.07 Å². The van der Waals surface area contributed by atoms with E-state index < -0.39 is 0 Å². The van der Waals surface area contributed by atoms with Crippen LogP contribution in [0.1, 0.15) is 37.0 Å². The molecule has 138 valence electrons. The number of amides is 2. The Hall–Kier alpha value is -1.92. The van der Waals surface area contributed by atoms with Gasteiger partial charge in [-0.2, -0.15) is 0 Å². The predicted molar refractivity (Wildman–Crippen MR) is 98.8 cm³/mol. The Morgan fingerprint density at radius 1 is 1.16 bits per heavy atom. The molecule has 0 atom stereocenters. The first-order valence-electron chi connectivity index (χ1n) is 9.13. The van der Waals surface area contributed by atoms with E-state index in [0.29, 0.717) is 44.1 Å². The molecular formula is C19H29N3O3. The maximum atomic E-state index is 12.5. The van der Waals surface area contributed by atoms with E-state index in [4.69, 9.17) is 4.74 Å². The Morgan fingerprint density at radius 3 is 2.48 bits per heavy atom. The third kappa shape index (κ3) is 6.14. The van der Waals surface area contributed by atoms with Gasteiger partial charge < -0.3 is 15.0 Å². The molecule has 1 aromatic rings. The number of rotatable bonds is 8. The van der Waals surface area contributed by atoms with Crippen molar-refractivity contribution in [3.05, 3.63) is 29.8 Å². The van der Waals surface area contributed by atoms with E-state index in [1.165, 1.54) is 0 Å². The highest BCUT2D eigenvalue weighted by atomic mass is 16.5. The molecule has 0 unspecified atom stereocenters. The second-order valence-corrected chi connectivity index (χ2v) is 6.31. The Morgan fingerprint density at radius 2 is 1.84 bits per heavy atom. The lowest BCUT2D eigenvalue weighted by Gasteiger charge is -2.27. The fourth-order valence-electron chi connectivity index (χ4n) is 2.98. The molecule has 1 fully saturated rings. The van der Waals surface area contributed by atoms with E-state index in [-0.39, 0.29) is 11.8 Å². The molecule has 0 aromatic heterocycles. The number of nitrogens with zero attached hydrogens (tertiary/aromatic N) is 2. The summed E-state index contributed by atoms with van der Waals surface area (Å²) in [6, 6.07) is 7.16. The lowest BCUT2D eigenvalue weighted by Crippen LogP contribution is -2.40. The van der Waals surface area contributed by atoms with Crippen LogP contribution in [0.2, 0.25) is 0 Å². The molecule has 1 heterocycles. The number of carbonyl (C=O) groups is 2. The van der Waals surface area contributed by atoms with Crippen LogP contribution in [0.25, 0.3) is 0 Å². The fraction of sp³-hybridized carbons (Fsp3) is 0.579. The van der Waals surface area contributed by atoms with Crippen molar-refractivity contribution in [3.8, 4) is 0 Å². The van der Waals surface area contributed by atoms with Crippen molar-refractivity contribution in [1.29, 1.82) is 0 Å². The Labute approximate surface area is 150 Å². The van der Waals surface area contributed by atoms with Gasteiger partial charge in [-0.1, -0.05) is 19.9 Å². The van der Waals surface area contributed by atoms with Crippen molar-refractivity contribution < 1.29 is 14.3 Å². The van der Waals surface area contributed by atoms with Crippen LogP contribution in [0.4, 0.5) is 5.69 Å². The SMILES string of the molecule is CCCN(CCC)CC(=O)Nc1cccc(C(=O)N2CCOCC2)c1. The molecule has 0 saturated carbocycles. The van der Waals surface area contributed by atoms with Gasteiger partial charge in [-0.05, 0) is 44.1 Å². The van der Waals surface area contributed by atoms with Gasteiger partial charge in [-0.15, -0.1) is 0 Å². The summed E-state index contributed by atoms with van der Waals surface area (Å²) in [4.78, 5) is 28.8. The fourth-order valence-corrected chi connectivity index (χ4v) is 2.98. The van der Waals surface area contributed by atoms with Crippen LogP contribution in [-0.4, -0.2) is 67.6 Å². The first-order valence-corrected chi connectivity index (χ1v) is 9.13. The maximum Gasteiger partial charge on any atom is 0.254 e. The molecule has 0 bridgehead atoms. The van der Waals surface area contributed by atoms with E-state index in [9.17, 15) is 9.59 Å². The number of carbonyl (C=O) groups excluding carboxylic acids is 2. The van der Waals surface area contributed by atoms with E-state index in [0.717, 1.165) is 25.9 Å². The molecule has 1 saturated heterocycles. The van der Waals surface area contributed by atoms with Gasteiger partial charge in [0.15, 0.2) is 0 Å². The molecular weight excluding hydrogens is 318 g/mol. The second-order valence-electron chi connectivity index (χ2n) is 6.31. The van der Waals surface area contributed by atoms with Crippen molar-refractivity contribution in [2.45, 2.75) is 26.7 Å². The summed E-state index contributed by atoms with van der Waals surface area (Å²) >= 11 is 0. The van der Waals surface area contributed by atoms with Gasteiger partial charge in [0.25, 0.3) is 5.91 Å². The molecule has 2 rings (SSSR count). The molecule has 25 heavy (non-hydrogen) atoms. The van der Waals surface area contributed by atoms with Gasteiger partial charge in [-0.3, -0.25) is 14.5 Å². The number of anilines is 1. The first kappa shape index (κ1) is 19.4. The molecule has 6 heteroatoms. The maximum absolute atomic E-state index is 12.5. The van der Waals surface area contributed by atoms with Crippen LogP contribution in [0.5, 0.6) is 0 Å². The van der Waals surface area contributed by atoms with Crippen LogP contribution in [0.15, 0.2) is 24.3 Å². The van der Waals surface area contributed by atoms with Crippen molar-refractivity contribution >= 4 is 17.5 Å². The number of ether oxygens (including phenoxy) is 1. The zero-order valence-corrected chi connectivity index (χ0v) is 15.3. The van der Waals surface area contributed by atoms with Gasteiger partial charge in [-0.25, -0.2) is 0 Å². The van der Waals surface area contributed by atoms with E-state index in [2.05, 4.69) is 24.1 Å². The highest BCUT2D eigenvalue weighted by molar-refractivity contribution is 5.97. The van der Waals surface area contributed by atoms with Gasteiger partial charge in [0.2, 0.25) is 5.91 Å². The van der Waals surface area contributed by atoms with Crippen molar-refractivity contribution in [2.24, 2.45) is 0 Å². The standard InChI is InChI=1S/C19H29N3O3/c1-3-8-21(9-4-2)15-18(23)20-17-7-5-6-16(14-17)19(24)22-10-12-25-13-11-22/h5-7,14H,3-4,8-13,15H2,1-2H3,(H,20,23). The zero-order chi connectivity index (χ0) is 18.1. The summed E-state index contributed by atoms with van der Waals surface area (Å²) in [6.07, 6.45) is 2.05. The van der Waals surface area contributed by atoms with Crippen LogP contribution in [-0.2, 0) is 9.53 Å². The summed E-state index contributed by atoms with van der Waals surface area (Å²) in [7, 11) is 0. The molecule has 0 aliphatic carbocycles. The molecule has 0 spiro atoms. The summed E-state index contributed by atoms with van der Waals surface area (Å²) in [6.45, 7) is 8.80. The van der Waals surface area contributed by atoms with Crippen molar-refractivity contribution in [3.63, 3.8) is 0 Å². The van der Waals surface area contributed by atoms with Gasteiger partial charge in [0, 0.05) is 24.3 Å². The van der Waals surface area contributed by atoms with Gasteiger partial charge in [0.1, 0.15) is 0 Å². The average Bonchev–Trinajstić information content (AvgIpc) is 2.62. The molecule has 0 radical (unpaired) electrons. The van der Waals surface area contributed by atoms with E-state index >= 15 is 0 Å². The van der Waals surface area contributed by atoms with Crippen molar-refractivity contribution in [2.75, 3.05) is 51.3 Å². The summed E-state index contributed by atoms with van der Waals surface area (Å²) < 4.78 is 5.28. The quantitative estimate of drug-likeness (QED) is 0.783. The minimum atomic E-state index is -0.0436. The highest BCUT2D eigenvalue weighted by Crippen LogP contribution is 2.14. The largest absolute Gasteiger partial charge is 0.378 e. The summed E-state index contributed by atoms with van der Waals surface area (Å²) in [5, 5.41) is 2.91. The summed E-state index contributed by atoms with van der Waals surface area (Å²) in [5.74, 6) is -0.0594. The molecule has 1 N–H and O–H groups in total. The predicted octanol–water partition coefficient (Wildman–Crippen LogP) is 2.22. The van der Waals surface area contributed by atoms with E-state index in [1.54, 1.807) is 23.1 Å². The minimum Gasteiger partial charge on any atom is -0.378 e. The number of morpholine rings is 1. The lowest BCUT2D eigenvalue weighted by atomic mass is 10.1. The number of hydrogen-bond donors (Lipinski definition) is 1. The molecule has 1 aromatic carbocycles. The third-order valence-electron chi connectivity index (χ3n) is 4.14. The van der Waals surface area contributed by atoms with Gasteiger partial charge in [0.05, 0.1) is 19.8 Å². The molecule has 2 amide bonds. The lowest BCUT2D eigenvalue weighted by molar-refractivity contribution is -0.117. The monoisotopic (exact) mass is 347 g/mol. The molecule has 6 nitrogen and oxygen atoms in total.